The highest BCUT2D eigenvalue weighted by Gasteiger charge is 2.16. The molecule has 92 valence electrons. The lowest BCUT2D eigenvalue weighted by molar-refractivity contribution is 0.0491. The van der Waals surface area contributed by atoms with Crippen molar-refractivity contribution in [1.29, 1.82) is 0 Å². The molecule has 1 heterocycles. The van der Waals surface area contributed by atoms with Crippen molar-refractivity contribution in [2.75, 3.05) is 19.8 Å². The van der Waals surface area contributed by atoms with Gasteiger partial charge in [-0.2, -0.15) is 0 Å². The van der Waals surface area contributed by atoms with Crippen molar-refractivity contribution in [3.8, 4) is 5.75 Å². The SMILES string of the molecule is O=Cc1cccc(OCC2CCOCC2)c1F. The zero-order valence-electron chi connectivity index (χ0n) is 9.52. The molecular weight excluding hydrogens is 223 g/mol. The van der Waals surface area contributed by atoms with Crippen LogP contribution in [0.1, 0.15) is 23.2 Å². The predicted molar refractivity (Wildman–Crippen MR) is 60.8 cm³/mol. The number of benzene rings is 1. The molecule has 4 heteroatoms. The van der Waals surface area contributed by atoms with Gasteiger partial charge in [0.05, 0.1) is 12.2 Å². The second-order valence-corrected chi connectivity index (χ2v) is 4.14. The summed E-state index contributed by atoms with van der Waals surface area (Å²) in [6, 6.07) is 4.59. The summed E-state index contributed by atoms with van der Waals surface area (Å²) in [6.07, 6.45) is 2.38. The zero-order chi connectivity index (χ0) is 12.1. The van der Waals surface area contributed by atoms with Gasteiger partial charge in [-0.15, -0.1) is 0 Å². The molecule has 0 bridgehead atoms. The van der Waals surface area contributed by atoms with Crippen LogP contribution in [-0.2, 0) is 4.74 Å². The van der Waals surface area contributed by atoms with Crippen LogP contribution in [0.15, 0.2) is 18.2 Å². The Labute approximate surface area is 99.5 Å². The van der Waals surface area contributed by atoms with E-state index in [0.717, 1.165) is 26.1 Å². The third-order valence-corrected chi connectivity index (χ3v) is 2.94. The first kappa shape index (κ1) is 12.0. The van der Waals surface area contributed by atoms with Gasteiger partial charge in [0.1, 0.15) is 0 Å². The van der Waals surface area contributed by atoms with E-state index in [1.807, 2.05) is 0 Å². The van der Waals surface area contributed by atoms with E-state index in [2.05, 4.69) is 0 Å². The quantitative estimate of drug-likeness (QED) is 0.756. The van der Waals surface area contributed by atoms with E-state index < -0.39 is 5.82 Å². The van der Waals surface area contributed by atoms with E-state index in [9.17, 15) is 9.18 Å². The predicted octanol–water partition coefficient (Wildman–Crippen LogP) is 2.44. The molecule has 1 fully saturated rings. The smallest absolute Gasteiger partial charge is 0.175 e. The first-order chi connectivity index (χ1) is 8.31. The highest BCUT2D eigenvalue weighted by atomic mass is 19.1. The fourth-order valence-corrected chi connectivity index (χ4v) is 1.85. The third kappa shape index (κ3) is 3.03. The van der Waals surface area contributed by atoms with Crippen LogP contribution in [0.3, 0.4) is 0 Å². The van der Waals surface area contributed by atoms with Crippen LogP contribution in [-0.4, -0.2) is 26.1 Å². The molecule has 0 atom stereocenters. The lowest BCUT2D eigenvalue weighted by atomic mass is 10.0. The van der Waals surface area contributed by atoms with Crippen LogP contribution in [0.5, 0.6) is 5.75 Å². The fourth-order valence-electron chi connectivity index (χ4n) is 1.85. The fraction of sp³-hybridized carbons (Fsp3) is 0.462. The number of carbonyl (C=O) groups excluding carboxylic acids is 1. The number of hydrogen-bond acceptors (Lipinski definition) is 3. The van der Waals surface area contributed by atoms with E-state index in [1.165, 1.54) is 6.07 Å². The summed E-state index contributed by atoms with van der Waals surface area (Å²) < 4.78 is 24.3. The Hall–Kier alpha value is -1.42. The minimum absolute atomic E-state index is 0.0366. The second kappa shape index (κ2) is 5.77. The Morgan fingerprint density at radius 3 is 2.88 bits per heavy atom. The lowest BCUT2D eigenvalue weighted by Gasteiger charge is -2.22. The van der Waals surface area contributed by atoms with Crippen LogP contribution in [0, 0.1) is 11.7 Å². The highest BCUT2D eigenvalue weighted by Crippen LogP contribution is 2.22. The summed E-state index contributed by atoms with van der Waals surface area (Å²) in [5.41, 5.74) is 0.0366. The molecule has 0 saturated carbocycles. The largest absolute Gasteiger partial charge is 0.490 e. The number of hydrogen-bond donors (Lipinski definition) is 0. The first-order valence-corrected chi connectivity index (χ1v) is 5.75. The van der Waals surface area contributed by atoms with Crippen LogP contribution in [0.4, 0.5) is 4.39 Å². The van der Waals surface area contributed by atoms with Gasteiger partial charge in [0.15, 0.2) is 17.9 Å². The highest BCUT2D eigenvalue weighted by molar-refractivity contribution is 5.76. The number of rotatable bonds is 4. The molecule has 3 nitrogen and oxygen atoms in total. The summed E-state index contributed by atoms with van der Waals surface area (Å²) in [4.78, 5) is 10.6. The van der Waals surface area contributed by atoms with Crippen LogP contribution >= 0.6 is 0 Å². The standard InChI is InChI=1S/C13H15FO3/c14-13-11(8-15)2-1-3-12(13)17-9-10-4-6-16-7-5-10/h1-3,8,10H,4-7,9H2. The van der Waals surface area contributed by atoms with E-state index in [4.69, 9.17) is 9.47 Å². The maximum atomic E-state index is 13.6. The van der Waals surface area contributed by atoms with E-state index in [1.54, 1.807) is 12.1 Å². The van der Waals surface area contributed by atoms with Gasteiger partial charge in [-0.3, -0.25) is 4.79 Å². The molecule has 1 saturated heterocycles. The number of aldehydes is 1. The number of halogens is 1. The molecule has 0 N–H and O–H groups in total. The topological polar surface area (TPSA) is 35.5 Å². The van der Waals surface area contributed by atoms with Crippen molar-refractivity contribution in [2.45, 2.75) is 12.8 Å². The zero-order valence-corrected chi connectivity index (χ0v) is 9.52. The summed E-state index contributed by atoms with van der Waals surface area (Å²) >= 11 is 0. The van der Waals surface area contributed by atoms with Gasteiger partial charge < -0.3 is 9.47 Å². The second-order valence-electron chi connectivity index (χ2n) is 4.14. The van der Waals surface area contributed by atoms with Gasteiger partial charge in [-0.05, 0) is 30.9 Å². The molecule has 17 heavy (non-hydrogen) atoms. The van der Waals surface area contributed by atoms with E-state index in [-0.39, 0.29) is 11.3 Å². The Bertz CT molecular complexity index is 386. The normalized spacial score (nSPS) is 16.8. The molecule has 0 radical (unpaired) electrons. The van der Waals surface area contributed by atoms with E-state index >= 15 is 0 Å². The summed E-state index contributed by atoms with van der Waals surface area (Å²) in [7, 11) is 0. The minimum Gasteiger partial charge on any atom is -0.490 e. The Kier molecular flexibility index (Phi) is 4.09. The van der Waals surface area contributed by atoms with Crippen LogP contribution in [0.25, 0.3) is 0 Å². The third-order valence-electron chi connectivity index (χ3n) is 2.94. The summed E-state index contributed by atoms with van der Waals surface area (Å²) in [6.45, 7) is 1.96. The van der Waals surface area contributed by atoms with Crippen molar-refractivity contribution in [2.24, 2.45) is 5.92 Å². The van der Waals surface area contributed by atoms with E-state index in [0.29, 0.717) is 18.8 Å². The van der Waals surface area contributed by atoms with Crippen molar-refractivity contribution >= 4 is 6.29 Å². The molecule has 0 unspecified atom stereocenters. The first-order valence-electron chi connectivity index (χ1n) is 5.75. The van der Waals surface area contributed by atoms with Gasteiger partial charge >= 0.3 is 0 Å². The average Bonchev–Trinajstić information content (AvgIpc) is 2.39. The monoisotopic (exact) mass is 238 g/mol. The molecule has 1 aromatic carbocycles. The van der Waals surface area contributed by atoms with Gasteiger partial charge in [0.25, 0.3) is 0 Å². The molecule has 2 rings (SSSR count). The molecule has 0 amide bonds. The minimum atomic E-state index is -0.574. The molecule has 1 aliphatic rings. The molecule has 0 aliphatic carbocycles. The number of ether oxygens (including phenoxy) is 2. The Balaban J connectivity index is 1.96. The van der Waals surface area contributed by atoms with Crippen LogP contribution in [0.2, 0.25) is 0 Å². The van der Waals surface area contributed by atoms with Gasteiger partial charge in [0, 0.05) is 13.2 Å². The van der Waals surface area contributed by atoms with Crippen molar-refractivity contribution in [1.82, 2.24) is 0 Å². The van der Waals surface area contributed by atoms with Crippen LogP contribution < -0.4 is 4.74 Å². The lowest BCUT2D eigenvalue weighted by Crippen LogP contribution is -2.21. The maximum absolute atomic E-state index is 13.6. The molecule has 1 aliphatic heterocycles. The van der Waals surface area contributed by atoms with Crippen molar-refractivity contribution in [3.63, 3.8) is 0 Å². The molecule has 1 aromatic rings. The maximum Gasteiger partial charge on any atom is 0.175 e. The van der Waals surface area contributed by atoms with Crippen molar-refractivity contribution < 1.29 is 18.7 Å². The Morgan fingerprint density at radius 1 is 1.41 bits per heavy atom. The van der Waals surface area contributed by atoms with Gasteiger partial charge in [-0.1, -0.05) is 6.07 Å². The molecule has 0 spiro atoms. The van der Waals surface area contributed by atoms with Gasteiger partial charge in [-0.25, -0.2) is 4.39 Å². The number of carbonyl (C=O) groups is 1. The molecular formula is C13H15FO3. The average molecular weight is 238 g/mol. The molecule has 0 aromatic heterocycles. The summed E-state index contributed by atoms with van der Waals surface area (Å²) in [5, 5.41) is 0. The van der Waals surface area contributed by atoms with Gasteiger partial charge in [0.2, 0.25) is 0 Å². The summed E-state index contributed by atoms with van der Waals surface area (Å²) in [5.74, 6) is -0.0151. The van der Waals surface area contributed by atoms with Crippen molar-refractivity contribution in [3.05, 3.63) is 29.6 Å². The Morgan fingerprint density at radius 2 is 2.18 bits per heavy atom.